The van der Waals surface area contributed by atoms with Crippen LogP contribution in [0.4, 0.5) is 0 Å². The highest BCUT2D eigenvalue weighted by Gasteiger charge is 2.17. The first-order chi connectivity index (χ1) is 11.3. The minimum absolute atomic E-state index is 0. The van der Waals surface area contributed by atoms with Gasteiger partial charge in [0.2, 0.25) is 0 Å². The number of hydrogen-bond acceptors (Lipinski definition) is 2. The standard InChI is InChI=1S/C19H32N4.HI/c1-20-19(22-16-17-10-5-3-6-11-17)21-14-9-15-23(2)18-12-7-4-8-13-18;/h3,5-6,10-11,18H,4,7-9,12-16H2,1-2H3,(H2,20,21,22);1H. The molecule has 5 heteroatoms. The monoisotopic (exact) mass is 444 g/mol. The van der Waals surface area contributed by atoms with Crippen LogP contribution in [-0.4, -0.2) is 44.1 Å². The molecule has 0 bridgehead atoms. The first-order valence-corrected chi connectivity index (χ1v) is 8.98. The zero-order chi connectivity index (χ0) is 16.3. The molecule has 1 aromatic carbocycles. The highest BCUT2D eigenvalue weighted by atomic mass is 127. The molecular weight excluding hydrogens is 411 g/mol. The highest BCUT2D eigenvalue weighted by molar-refractivity contribution is 14.0. The van der Waals surface area contributed by atoms with E-state index in [1.807, 2.05) is 13.1 Å². The summed E-state index contributed by atoms with van der Waals surface area (Å²) in [6.07, 6.45) is 8.15. The van der Waals surface area contributed by atoms with Crippen LogP contribution in [0.2, 0.25) is 0 Å². The summed E-state index contributed by atoms with van der Waals surface area (Å²) in [4.78, 5) is 6.83. The summed E-state index contributed by atoms with van der Waals surface area (Å²) in [5, 5.41) is 6.77. The molecule has 2 rings (SSSR count). The molecule has 1 aliphatic carbocycles. The molecule has 2 N–H and O–H groups in total. The Morgan fingerprint density at radius 2 is 1.83 bits per heavy atom. The molecule has 0 spiro atoms. The maximum absolute atomic E-state index is 4.29. The Hall–Kier alpha value is -0.820. The average molecular weight is 444 g/mol. The van der Waals surface area contributed by atoms with Crippen LogP contribution in [0.1, 0.15) is 44.1 Å². The predicted octanol–water partition coefficient (Wildman–Crippen LogP) is 3.62. The lowest BCUT2D eigenvalue weighted by Crippen LogP contribution is -2.39. The Labute approximate surface area is 164 Å². The number of halogens is 1. The first-order valence-electron chi connectivity index (χ1n) is 8.98. The second-order valence-electron chi connectivity index (χ2n) is 6.46. The van der Waals surface area contributed by atoms with E-state index in [1.54, 1.807) is 0 Å². The van der Waals surface area contributed by atoms with Crippen molar-refractivity contribution in [3.05, 3.63) is 35.9 Å². The van der Waals surface area contributed by atoms with Crippen molar-refractivity contribution < 1.29 is 0 Å². The molecule has 0 amide bonds. The van der Waals surface area contributed by atoms with E-state index in [-0.39, 0.29) is 24.0 Å². The molecule has 0 atom stereocenters. The van der Waals surface area contributed by atoms with Crippen LogP contribution < -0.4 is 10.6 Å². The third kappa shape index (κ3) is 7.83. The van der Waals surface area contributed by atoms with Crippen LogP contribution >= 0.6 is 24.0 Å². The number of rotatable bonds is 7. The number of guanidine groups is 1. The predicted molar refractivity (Wildman–Crippen MR) is 114 cm³/mol. The summed E-state index contributed by atoms with van der Waals surface area (Å²) in [6.45, 7) is 2.93. The molecule has 136 valence electrons. The Morgan fingerprint density at radius 3 is 2.50 bits per heavy atom. The molecule has 24 heavy (non-hydrogen) atoms. The van der Waals surface area contributed by atoms with Crippen LogP contribution in [0.25, 0.3) is 0 Å². The van der Waals surface area contributed by atoms with Gasteiger partial charge in [0.05, 0.1) is 0 Å². The van der Waals surface area contributed by atoms with E-state index in [4.69, 9.17) is 0 Å². The number of nitrogens with one attached hydrogen (secondary N) is 2. The van der Waals surface area contributed by atoms with Gasteiger partial charge in [0.25, 0.3) is 0 Å². The molecule has 4 nitrogen and oxygen atoms in total. The van der Waals surface area contributed by atoms with Crippen molar-refractivity contribution in [3.8, 4) is 0 Å². The van der Waals surface area contributed by atoms with E-state index >= 15 is 0 Å². The molecule has 1 saturated carbocycles. The van der Waals surface area contributed by atoms with E-state index in [1.165, 1.54) is 37.7 Å². The number of nitrogens with zero attached hydrogens (tertiary/aromatic N) is 2. The highest BCUT2D eigenvalue weighted by Crippen LogP contribution is 2.21. The summed E-state index contributed by atoms with van der Waals surface area (Å²) < 4.78 is 0. The topological polar surface area (TPSA) is 39.7 Å². The van der Waals surface area contributed by atoms with Crippen LogP contribution in [0.3, 0.4) is 0 Å². The van der Waals surface area contributed by atoms with E-state index in [2.05, 4.69) is 51.8 Å². The molecule has 0 aromatic heterocycles. The van der Waals surface area contributed by atoms with Gasteiger partial charge in [-0.1, -0.05) is 49.6 Å². The second kappa shape index (κ2) is 12.5. The number of aliphatic imine (C=N–C) groups is 1. The molecule has 1 aromatic rings. The fraction of sp³-hybridized carbons (Fsp3) is 0.632. The maximum atomic E-state index is 4.29. The van der Waals surface area contributed by atoms with E-state index < -0.39 is 0 Å². The van der Waals surface area contributed by atoms with Crippen LogP contribution in [0.5, 0.6) is 0 Å². The zero-order valence-corrected chi connectivity index (χ0v) is 17.5. The number of benzene rings is 1. The van der Waals surface area contributed by atoms with Crippen molar-refractivity contribution in [2.45, 2.75) is 51.1 Å². The van der Waals surface area contributed by atoms with Gasteiger partial charge in [0.1, 0.15) is 0 Å². The minimum atomic E-state index is 0. The van der Waals surface area contributed by atoms with Gasteiger partial charge >= 0.3 is 0 Å². The molecule has 0 unspecified atom stereocenters. The summed E-state index contributed by atoms with van der Waals surface area (Å²) in [6, 6.07) is 11.2. The Bertz CT molecular complexity index is 458. The summed E-state index contributed by atoms with van der Waals surface area (Å²) in [5.74, 6) is 0.883. The quantitative estimate of drug-likeness (QED) is 0.292. The average Bonchev–Trinajstić information content (AvgIpc) is 2.62. The summed E-state index contributed by atoms with van der Waals surface area (Å²) in [7, 11) is 4.10. The fourth-order valence-corrected chi connectivity index (χ4v) is 3.24. The summed E-state index contributed by atoms with van der Waals surface area (Å²) in [5.41, 5.74) is 1.27. The van der Waals surface area contributed by atoms with Crippen molar-refractivity contribution in [2.75, 3.05) is 27.2 Å². The third-order valence-electron chi connectivity index (χ3n) is 4.70. The van der Waals surface area contributed by atoms with Crippen LogP contribution in [-0.2, 0) is 6.54 Å². The largest absolute Gasteiger partial charge is 0.356 e. The van der Waals surface area contributed by atoms with Crippen molar-refractivity contribution in [2.24, 2.45) is 4.99 Å². The summed E-state index contributed by atoms with van der Waals surface area (Å²) >= 11 is 0. The van der Waals surface area contributed by atoms with Crippen molar-refractivity contribution in [1.29, 1.82) is 0 Å². The van der Waals surface area contributed by atoms with Crippen molar-refractivity contribution >= 4 is 29.9 Å². The van der Waals surface area contributed by atoms with Gasteiger partial charge in [0, 0.05) is 26.2 Å². The second-order valence-corrected chi connectivity index (χ2v) is 6.46. The van der Waals surface area contributed by atoms with Gasteiger partial charge in [-0.25, -0.2) is 0 Å². The maximum Gasteiger partial charge on any atom is 0.191 e. The van der Waals surface area contributed by atoms with Crippen molar-refractivity contribution in [1.82, 2.24) is 15.5 Å². The Balaban J connectivity index is 0.00000288. The van der Waals surface area contributed by atoms with E-state index in [9.17, 15) is 0 Å². The van der Waals surface area contributed by atoms with E-state index in [0.717, 1.165) is 38.1 Å². The molecule has 1 aliphatic rings. The van der Waals surface area contributed by atoms with Crippen molar-refractivity contribution in [3.63, 3.8) is 0 Å². The molecular formula is C19H33IN4. The molecule has 0 radical (unpaired) electrons. The lowest BCUT2D eigenvalue weighted by molar-refractivity contribution is 0.190. The third-order valence-corrected chi connectivity index (χ3v) is 4.70. The van der Waals surface area contributed by atoms with Gasteiger partial charge in [-0.3, -0.25) is 4.99 Å². The molecule has 0 aliphatic heterocycles. The fourth-order valence-electron chi connectivity index (χ4n) is 3.24. The SMILES string of the molecule is CN=C(NCCCN(C)C1CCCCC1)NCc1ccccc1.I. The Morgan fingerprint density at radius 1 is 1.12 bits per heavy atom. The van der Waals surface area contributed by atoms with Gasteiger partial charge < -0.3 is 15.5 Å². The number of hydrogen-bond donors (Lipinski definition) is 2. The van der Waals surface area contributed by atoms with E-state index in [0.29, 0.717) is 0 Å². The minimum Gasteiger partial charge on any atom is -0.356 e. The first kappa shape index (κ1) is 21.2. The normalized spacial score (nSPS) is 15.9. The van der Waals surface area contributed by atoms with Crippen LogP contribution in [0, 0.1) is 0 Å². The molecule has 0 saturated heterocycles. The lowest BCUT2D eigenvalue weighted by atomic mass is 9.94. The Kier molecular flexibility index (Phi) is 11.1. The van der Waals surface area contributed by atoms with Gasteiger partial charge in [-0.15, -0.1) is 24.0 Å². The van der Waals surface area contributed by atoms with Crippen LogP contribution in [0.15, 0.2) is 35.3 Å². The zero-order valence-electron chi connectivity index (χ0n) is 15.1. The molecule has 1 fully saturated rings. The van der Waals surface area contributed by atoms with Gasteiger partial charge in [-0.05, 0) is 38.4 Å². The lowest BCUT2D eigenvalue weighted by Gasteiger charge is -2.31. The molecule has 0 heterocycles. The smallest absolute Gasteiger partial charge is 0.191 e. The van der Waals surface area contributed by atoms with Gasteiger partial charge in [0.15, 0.2) is 5.96 Å². The van der Waals surface area contributed by atoms with Gasteiger partial charge in [-0.2, -0.15) is 0 Å².